The number of halogens is 1. The summed E-state index contributed by atoms with van der Waals surface area (Å²) in [4.78, 5) is 37.7. The highest BCUT2D eigenvalue weighted by atomic mass is 35.5. The second kappa shape index (κ2) is 20.9. The Balaban J connectivity index is 0.000000275. The normalized spacial score (nSPS) is 15.2. The van der Waals surface area contributed by atoms with Crippen molar-refractivity contribution in [2.75, 3.05) is 52.4 Å². The van der Waals surface area contributed by atoms with Crippen molar-refractivity contribution in [1.29, 1.82) is 0 Å². The number of carbonyl (C=O) groups is 1. The van der Waals surface area contributed by atoms with E-state index < -0.39 is 41.6 Å². The van der Waals surface area contributed by atoms with Crippen LogP contribution in [0, 0.1) is 47.9 Å². The van der Waals surface area contributed by atoms with E-state index in [4.69, 9.17) is 4.74 Å². The van der Waals surface area contributed by atoms with Crippen molar-refractivity contribution in [2.24, 2.45) is 0 Å². The van der Waals surface area contributed by atoms with Gasteiger partial charge in [-0.15, -0.1) is 12.4 Å². The molecule has 0 saturated carbocycles. The van der Waals surface area contributed by atoms with Gasteiger partial charge >= 0.3 is 6.09 Å². The first kappa shape index (κ1) is 50.4. The SMILES string of the molecule is Cc1cc(C)cc(Sc2ccc([N+](=O)[O-])cc2S(=O)(=O)N2CCN(C(=O)OC(C)(C)C)CC2)c1.Cc1cc(C)cc(Sc2ccc([N+](=O)[O-])cc2S(=O)(=O)N2CCNCC2)c1.Cl. The summed E-state index contributed by atoms with van der Waals surface area (Å²) in [5.41, 5.74) is 3.05. The van der Waals surface area contributed by atoms with Crippen LogP contribution in [0.25, 0.3) is 0 Å². The third-order valence-electron chi connectivity index (χ3n) is 9.32. The molecule has 4 aromatic rings. The zero-order chi connectivity index (χ0) is 44.9. The quantitative estimate of drug-likeness (QED) is 0.119. The molecule has 2 saturated heterocycles. The zero-order valence-corrected chi connectivity index (χ0v) is 39.5. The Bertz CT molecular complexity index is 2480. The molecular formula is C41H51ClN6O10S4. The van der Waals surface area contributed by atoms with E-state index in [1.807, 2.05) is 64.1 Å². The minimum atomic E-state index is -4.04. The van der Waals surface area contributed by atoms with Gasteiger partial charge < -0.3 is 15.0 Å². The van der Waals surface area contributed by atoms with Crippen molar-refractivity contribution in [1.82, 2.24) is 18.8 Å². The Morgan fingerprint density at radius 2 is 1.00 bits per heavy atom. The molecule has 1 amide bonds. The summed E-state index contributed by atoms with van der Waals surface area (Å²) in [7, 11) is -7.87. The van der Waals surface area contributed by atoms with Crippen LogP contribution in [0.5, 0.6) is 0 Å². The summed E-state index contributed by atoms with van der Waals surface area (Å²) < 4.78 is 61.5. The van der Waals surface area contributed by atoms with E-state index in [0.29, 0.717) is 36.0 Å². The van der Waals surface area contributed by atoms with Gasteiger partial charge in [-0.25, -0.2) is 21.6 Å². The van der Waals surface area contributed by atoms with E-state index in [0.717, 1.165) is 38.1 Å². The number of sulfonamides is 2. The summed E-state index contributed by atoms with van der Waals surface area (Å²) in [6, 6.07) is 19.8. The van der Waals surface area contributed by atoms with E-state index in [9.17, 15) is 41.9 Å². The van der Waals surface area contributed by atoms with Crippen molar-refractivity contribution >= 4 is 73.4 Å². The molecule has 0 aliphatic carbocycles. The average molecular weight is 952 g/mol. The van der Waals surface area contributed by atoms with E-state index in [2.05, 4.69) is 5.32 Å². The van der Waals surface area contributed by atoms with Gasteiger partial charge in [0.15, 0.2) is 0 Å². The molecule has 0 aromatic heterocycles. The number of ether oxygens (including phenoxy) is 1. The number of hydrogen-bond acceptors (Lipinski definition) is 13. The van der Waals surface area contributed by atoms with Gasteiger partial charge in [-0.05, 0) is 107 Å². The summed E-state index contributed by atoms with van der Waals surface area (Å²) >= 11 is 2.56. The molecule has 336 valence electrons. The number of amides is 1. The Kier molecular flexibility index (Phi) is 17.0. The van der Waals surface area contributed by atoms with Gasteiger partial charge in [0.2, 0.25) is 20.0 Å². The van der Waals surface area contributed by atoms with E-state index in [1.165, 1.54) is 67.4 Å². The van der Waals surface area contributed by atoms with Gasteiger partial charge in [-0.1, -0.05) is 35.7 Å². The first-order valence-corrected chi connectivity index (χ1v) is 23.8. The Hall–Kier alpha value is -4.28. The maximum atomic E-state index is 13.6. The predicted octanol–water partition coefficient (Wildman–Crippen LogP) is 7.98. The molecule has 0 bridgehead atoms. The highest BCUT2D eigenvalue weighted by Gasteiger charge is 2.35. The van der Waals surface area contributed by atoms with Crippen molar-refractivity contribution < 1.29 is 36.2 Å². The largest absolute Gasteiger partial charge is 0.444 e. The zero-order valence-electron chi connectivity index (χ0n) is 35.4. The second-order valence-electron chi connectivity index (χ2n) is 15.7. The van der Waals surface area contributed by atoms with Crippen LogP contribution in [0.15, 0.2) is 102 Å². The predicted molar refractivity (Wildman–Crippen MR) is 242 cm³/mol. The Morgan fingerprint density at radius 1 is 0.629 bits per heavy atom. The Labute approximate surface area is 377 Å². The molecule has 0 radical (unpaired) electrons. The number of hydrogen-bond donors (Lipinski definition) is 1. The second-order valence-corrected chi connectivity index (χ2v) is 21.7. The fourth-order valence-electron chi connectivity index (χ4n) is 6.63. The average Bonchev–Trinajstić information content (AvgIpc) is 3.17. The van der Waals surface area contributed by atoms with Gasteiger partial charge in [0, 0.05) is 96.2 Å². The topological polar surface area (TPSA) is 203 Å². The number of aryl methyl sites for hydroxylation is 4. The first-order chi connectivity index (χ1) is 28.5. The van der Waals surface area contributed by atoms with E-state index in [1.54, 1.807) is 20.8 Å². The third kappa shape index (κ3) is 13.1. The summed E-state index contributed by atoms with van der Waals surface area (Å²) in [5.74, 6) is 0. The number of piperazine rings is 2. The summed E-state index contributed by atoms with van der Waals surface area (Å²) in [6.45, 7) is 15.5. The molecule has 0 atom stereocenters. The van der Waals surface area contributed by atoms with Gasteiger partial charge in [0.25, 0.3) is 11.4 Å². The molecule has 2 heterocycles. The minimum absolute atomic E-state index is 0. The summed E-state index contributed by atoms with van der Waals surface area (Å²) in [5, 5.41) is 25.7. The summed E-state index contributed by atoms with van der Waals surface area (Å²) in [6.07, 6.45) is -0.494. The molecular weight excluding hydrogens is 900 g/mol. The molecule has 1 N–H and O–H groups in total. The van der Waals surface area contributed by atoms with Crippen LogP contribution in [-0.4, -0.2) is 104 Å². The van der Waals surface area contributed by atoms with Crippen LogP contribution in [0.3, 0.4) is 0 Å². The molecule has 2 aliphatic heterocycles. The van der Waals surface area contributed by atoms with Crippen LogP contribution < -0.4 is 5.32 Å². The molecule has 2 fully saturated rings. The lowest BCUT2D eigenvalue weighted by Gasteiger charge is -2.35. The number of carbonyl (C=O) groups excluding carboxylic acids is 1. The van der Waals surface area contributed by atoms with E-state index in [-0.39, 0.29) is 59.8 Å². The molecule has 62 heavy (non-hydrogen) atoms. The number of nitro groups is 2. The fraction of sp³-hybridized carbons (Fsp3) is 0.390. The molecule has 21 heteroatoms. The van der Waals surface area contributed by atoms with Crippen molar-refractivity contribution in [3.8, 4) is 0 Å². The number of nitrogens with zero attached hydrogens (tertiary/aromatic N) is 5. The highest BCUT2D eigenvalue weighted by Crippen LogP contribution is 2.39. The van der Waals surface area contributed by atoms with Gasteiger partial charge in [0.05, 0.1) is 9.85 Å². The smallest absolute Gasteiger partial charge is 0.410 e. The highest BCUT2D eigenvalue weighted by molar-refractivity contribution is 8.00. The number of benzene rings is 4. The molecule has 16 nitrogen and oxygen atoms in total. The van der Waals surface area contributed by atoms with Crippen LogP contribution in [0.2, 0.25) is 0 Å². The standard InChI is InChI=1S/C23H29N3O6S2.C18H21N3O4S2.ClH/c1-16-12-17(2)14-19(13-16)33-20-7-6-18(26(28)29)15-21(20)34(30,31)25-10-8-24(9-11-25)22(27)32-23(3,4)5;1-13-9-14(2)11-16(10-13)26-17-4-3-15(21(22)23)12-18(17)27(24,25)20-7-5-19-6-8-20;/h6-7,12-15H,8-11H2,1-5H3;3-4,9-12,19H,5-8H2,1-2H3;1H. The minimum Gasteiger partial charge on any atom is -0.444 e. The maximum Gasteiger partial charge on any atom is 0.410 e. The number of nitrogens with one attached hydrogen (secondary N) is 1. The third-order valence-corrected chi connectivity index (χ3v) is 15.6. The van der Waals surface area contributed by atoms with Crippen molar-refractivity contribution in [3.05, 3.63) is 115 Å². The lowest BCUT2D eigenvalue weighted by atomic mass is 10.2. The maximum absolute atomic E-state index is 13.6. The van der Waals surface area contributed by atoms with Gasteiger partial charge in [-0.3, -0.25) is 20.2 Å². The van der Waals surface area contributed by atoms with Crippen molar-refractivity contribution in [3.63, 3.8) is 0 Å². The molecule has 4 aromatic carbocycles. The molecule has 6 rings (SSSR count). The van der Waals surface area contributed by atoms with Crippen LogP contribution in [0.1, 0.15) is 43.0 Å². The van der Waals surface area contributed by atoms with Crippen LogP contribution in [-0.2, 0) is 24.8 Å². The first-order valence-electron chi connectivity index (χ1n) is 19.3. The van der Waals surface area contributed by atoms with Crippen molar-refractivity contribution in [2.45, 2.75) is 83.4 Å². The van der Waals surface area contributed by atoms with Gasteiger partial charge in [0.1, 0.15) is 15.4 Å². The monoisotopic (exact) mass is 950 g/mol. The number of non-ortho nitro benzene ring substituents is 2. The number of nitro benzene ring substituents is 2. The lowest BCUT2D eigenvalue weighted by molar-refractivity contribution is -0.385. The molecule has 2 aliphatic rings. The van der Waals surface area contributed by atoms with Crippen LogP contribution in [0.4, 0.5) is 16.2 Å². The lowest BCUT2D eigenvalue weighted by Crippen LogP contribution is -2.51. The van der Waals surface area contributed by atoms with Gasteiger partial charge in [-0.2, -0.15) is 8.61 Å². The van der Waals surface area contributed by atoms with Crippen LogP contribution >= 0.6 is 35.9 Å². The molecule has 0 unspecified atom stereocenters. The Morgan fingerprint density at radius 3 is 1.35 bits per heavy atom. The molecule has 0 spiro atoms. The number of rotatable bonds is 10. The van der Waals surface area contributed by atoms with E-state index >= 15 is 0 Å². The fourth-order valence-corrected chi connectivity index (χ4v) is 12.6.